The molecular weight excluding hydrogens is 556 g/mol. The Labute approximate surface area is 253 Å². The standard InChI is InChI=1S/C37H30O7/c1-2-5-30-29(4-1)34-31(6-3-7-32(34)43-21-28-20-42-28)37-35(30)33(22-8-12-24(13-9-22)38-16-26-18-40-26)36(44-37)23-10-14-25(15-11-23)39-17-27-19-41-27/h1-15,26-28H,16-21H2. The molecule has 0 N–H and O–H groups in total. The molecule has 0 radical (unpaired) electrons. The summed E-state index contributed by atoms with van der Waals surface area (Å²) in [5.41, 5.74) is 3.87. The van der Waals surface area contributed by atoms with Crippen LogP contribution in [-0.4, -0.2) is 58.0 Å². The fourth-order valence-electron chi connectivity index (χ4n) is 5.87. The van der Waals surface area contributed by atoms with Crippen LogP contribution in [0.1, 0.15) is 0 Å². The highest BCUT2D eigenvalue weighted by Gasteiger charge is 2.27. The molecule has 0 bridgehead atoms. The van der Waals surface area contributed by atoms with E-state index >= 15 is 0 Å². The lowest BCUT2D eigenvalue weighted by Crippen LogP contribution is -2.04. The van der Waals surface area contributed by atoms with Crippen LogP contribution in [0.2, 0.25) is 0 Å². The molecule has 3 atom stereocenters. The monoisotopic (exact) mass is 586 g/mol. The van der Waals surface area contributed by atoms with Crippen molar-refractivity contribution in [3.8, 4) is 39.7 Å². The molecule has 6 aromatic rings. The van der Waals surface area contributed by atoms with Crippen molar-refractivity contribution in [2.75, 3.05) is 39.6 Å². The lowest BCUT2D eigenvalue weighted by Gasteiger charge is -2.13. The van der Waals surface area contributed by atoms with Gasteiger partial charge in [-0.2, -0.15) is 0 Å². The van der Waals surface area contributed by atoms with Gasteiger partial charge in [-0.25, -0.2) is 0 Å². The highest BCUT2D eigenvalue weighted by atomic mass is 16.6. The summed E-state index contributed by atoms with van der Waals surface area (Å²) in [5, 5.41) is 5.34. The van der Waals surface area contributed by atoms with Gasteiger partial charge in [-0.05, 0) is 58.8 Å². The lowest BCUT2D eigenvalue weighted by atomic mass is 9.92. The predicted molar refractivity (Wildman–Crippen MR) is 168 cm³/mol. The Morgan fingerprint density at radius 1 is 0.523 bits per heavy atom. The first kappa shape index (κ1) is 25.9. The van der Waals surface area contributed by atoms with E-state index in [0.717, 1.165) is 92.0 Å². The lowest BCUT2D eigenvalue weighted by molar-refractivity contribution is 0.263. The van der Waals surface area contributed by atoms with Crippen molar-refractivity contribution in [3.63, 3.8) is 0 Å². The summed E-state index contributed by atoms with van der Waals surface area (Å²) >= 11 is 0. The Bertz CT molecular complexity index is 1980. The molecule has 7 nitrogen and oxygen atoms in total. The first-order valence-corrected chi connectivity index (χ1v) is 15.1. The zero-order valence-electron chi connectivity index (χ0n) is 24.0. The molecule has 44 heavy (non-hydrogen) atoms. The van der Waals surface area contributed by atoms with Gasteiger partial charge in [0.25, 0.3) is 0 Å². The van der Waals surface area contributed by atoms with Crippen molar-refractivity contribution < 1.29 is 32.8 Å². The minimum Gasteiger partial charge on any atom is -0.491 e. The zero-order valence-corrected chi connectivity index (χ0v) is 24.0. The number of rotatable bonds is 11. The van der Waals surface area contributed by atoms with Gasteiger partial charge in [0.2, 0.25) is 0 Å². The Kier molecular flexibility index (Phi) is 6.21. The summed E-state index contributed by atoms with van der Waals surface area (Å²) in [6, 6.07) is 31.1. The molecule has 5 aromatic carbocycles. The summed E-state index contributed by atoms with van der Waals surface area (Å²) < 4.78 is 41.1. The smallest absolute Gasteiger partial charge is 0.144 e. The van der Waals surface area contributed by atoms with Gasteiger partial charge in [0.05, 0.1) is 19.8 Å². The van der Waals surface area contributed by atoms with Crippen LogP contribution in [0.25, 0.3) is 55.0 Å². The van der Waals surface area contributed by atoms with E-state index in [1.165, 1.54) is 0 Å². The summed E-state index contributed by atoms with van der Waals surface area (Å²) in [5.74, 6) is 3.25. The van der Waals surface area contributed by atoms with E-state index in [1.54, 1.807) is 0 Å². The number of hydrogen-bond acceptors (Lipinski definition) is 7. The molecule has 3 aliphatic rings. The van der Waals surface area contributed by atoms with E-state index in [1.807, 2.05) is 36.4 Å². The molecule has 0 spiro atoms. The molecule has 4 heterocycles. The number of ether oxygens (including phenoxy) is 6. The normalized spacial score (nSPS) is 20.2. The van der Waals surface area contributed by atoms with Gasteiger partial charge < -0.3 is 32.8 Å². The Morgan fingerprint density at radius 2 is 1.05 bits per heavy atom. The van der Waals surface area contributed by atoms with Gasteiger partial charge in [0, 0.05) is 27.3 Å². The quantitative estimate of drug-likeness (QED) is 0.116. The fourth-order valence-corrected chi connectivity index (χ4v) is 5.87. The molecule has 220 valence electrons. The number of benzene rings is 5. The SMILES string of the molecule is c1ccc2c(c1)c1c(OCC3CO3)cccc1c1oc(-c3ccc(OCC4CO4)cc3)c(-c3ccc(OCC4CO4)cc3)c21. The number of epoxide rings is 3. The molecule has 3 saturated heterocycles. The third-order valence-corrected chi connectivity index (χ3v) is 8.41. The van der Waals surface area contributed by atoms with E-state index in [2.05, 4.69) is 54.6 Å². The van der Waals surface area contributed by atoms with E-state index in [4.69, 9.17) is 32.8 Å². The van der Waals surface area contributed by atoms with Crippen molar-refractivity contribution in [2.24, 2.45) is 0 Å². The Balaban J connectivity index is 1.23. The van der Waals surface area contributed by atoms with Crippen LogP contribution < -0.4 is 14.2 Å². The van der Waals surface area contributed by atoms with Crippen molar-refractivity contribution in [3.05, 3.63) is 91.0 Å². The average molecular weight is 587 g/mol. The van der Waals surface area contributed by atoms with Crippen molar-refractivity contribution in [1.82, 2.24) is 0 Å². The van der Waals surface area contributed by atoms with Crippen LogP contribution in [0.15, 0.2) is 95.4 Å². The minimum absolute atomic E-state index is 0.162. The summed E-state index contributed by atoms with van der Waals surface area (Å²) in [6.45, 7) is 3.93. The molecule has 9 rings (SSSR count). The molecule has 0 aliphatic carbocycles. The molecule has 3 fully saturated rings. The molecule has 3 unspecified atom stereocenters. The Hall–Kier alpha value is -4.56. The largest absolute Gasteiger partial charge is 0.491 e. The van der Waals surface area contributed by atoms with Crippen LogP contribution in [-0.2, 0) is 14.2 Å². The first-order valence-electron chi connectivity index (χ1n) is 15.1. The second-order valence-corrected chi connectivity index (χ2v) is 11.6. The van der Waals surface area contributed by atoms with Crippen molar-refractivity contribution in [1.29, 1.82) is 0 Å². The number of hydrogen-bond donors (Lipinski definition) is 0. The maximum absolute atomic E-state index is 6.93. The van der Waals surface area contributed by atoms with Gasteiger partial charge in [-0.3, -0.25) is 0 Å². The van der Waals surface area contributed by atoms with Gasteiger partial charge in [-0.15, -0.1) is 0 Å². The van der Waals surface area contributed by atoms with E-state index < -0.39 is 0 Å². The highest BCUT2D eigenvalue weighted by molar-refractivity contribution is 6.29. The summed E-state index contributed by atoms with van der Waals surface area (Å²) in [6.07, 6.45) is 0.565. The second-order valence-electron chi connectivity index (χ2n) is 11.6. The summed E-state index contributed by atoms with van der Waals surface area (Å²) in [7, 11) is 0. The third-order valence-electron chi connectivity index (χ3n) is 8.41. The summed E-state index contributed by atoms with van der Waals surface area (Å²) in [4.78, 5) is 0. The van der Waals surface area contributed by atoms with E-state index in [-0.39, 0.29) is 18.3 Å². The molecule has 0 saturated carbocycles. The van der Waals surface area contributed by atoms with Crippen LogP contribution >= 0.6 is 0 Å². The van der Waals surface area contributed by atoms with E-state index in [9.17, 15) is 0 Å². The van der Waals surface area contributed by atoms with Crippen LogP contribution in [0, 0.1) is 0 Å². The zero-order chi connectivity index (χ0) is 29.0. The van der Waals surface area contributed by atoms with Crippen molar-refractivity contribution >= 4 is 32.5 Å². The number of fused-ring (bicyclic) bond motifs is 6. The molecular formula is C37H30O7. The Morgan fingerprint density at radius 3 is 1.64 bits per heavy atom. The first-order chi connectivity index (χ1) is 21.8. The topological polar surface area (TPSA) is 78.4 Å². The van der Waals surface area contributed by atoms with Gasteiger partial charge in [0.1, 0.15) is 66.7 Å². The van der Waals surface area contributed by atoms with Crippen LogP contribution in [0.3, 0.4) is 0 Å². The second kappa shape index (κ2) is 10.6. The molecule has 7 heteroatoms. The van der Waals surface area contributed by atoms with E-state index in [0.29, 0.717) is 19.8 Å². The van der Waals surface area contributed by atoms with Crippen LogP contribution in [0.4, 0.5) is 0 Å². The fraction of sp³-hybridized carbons (Fsp3) is 0.243. The molecule has 0 amide bonds. The maximum atomic E-state index is 6.93. The third kappa shape index (κ3) is 4.93. The maximum Gasteiger partial charge on any atom is 0.144 e. The highest BCUT2D eigenvalue weighted by Crippen LogP contribution is 2.49. The van der Waals surface area contributed by atoms with Crippen molar-refractivity contribution in [2.45, 2.75) is 18.3 Å². The van der Waals surface area contributed by atoms with Crippen LogP contribution in [0.5, 0.6) is 17.2 Å². The van der Waals surface area contributed by atoms with Gasteiger partial charge in [-0.1, -0.05) is 48.5 Å². The molecule has 3 aliphatic heterocycles. The molecule has 1 aromatic heterocycles. The van der Waals surface area contributed by atoms with Gasteiger partial charge >= 0.3 is 0 Å². The minimum atomic E-state index is 0.162. The average Bonchev–Trinajstić information content (AvgIpc) is 3.94. The van der Waals surface area contributed by atoms with Gasteiger partial charge in [0.15, 0.2) is 0 Å². The predicted octanol–water partition coefficient (Wildman–Crippen LogP) is 7.41. The number of furan rings is 1.